The number of unbranched alkanes of at least 4 members (excludes halogenated alkanes) is 40. The molecular weight excluding hydrogens is 1010 g/mol. The van der Waals surface area contributed by atoms with Gasteiger partial charge < -0.3 is 14.2 Å². The number of hydrogen-bond donors (Lipinski definition) is 0. The van der Waals surface area contributed by atoms with Crippen molar-refractivity contribution in [2.24, 2.45) is 0 Å². The average molecular weight is 1140 g/mol. The van der Waals surface area contributed by atoms with Crippen molar-refractivity contribution in [3.8, 4) is 0 Å². The molecule has 0 amide bonds. The van der Waals surface area contributed by atoms with E-state index in [0.29, 0.717) is 19.3 Å². The molecule has 0 aliphatic heterocycles. The fraction of sp³-hybridized carbons (Fsp3) is 0.776. The SMILES string of the molecule is CC/C=C\C/C=C\C/C=C\C/C=C\CCCCCCCCC(=O)OC(COC(=O)CCCCCCC/C=C\CCCCCCC)COC(=O)CCCCCCCCCCCCCCCCCCCCC/C=C\C/C=C\CCCCCCC. The third-order valence-electron chi connectivity index (χ3n) is 15.6. The van der Waals surface area contributed by atoms with Gasteiger partial charge >= 0.3 is 17.9 Å². The Kier molecular flexibility index (Phi) is 67.2. The van der Waals surface area contributed by atoms with Gasteiger partial charge in [-0.05, 0) is 116 Å². The molecule has 82 heavy (non-hydrogen) atoms. The van der Waals surface area contributed by atoms with Gasteiger partial charge in [-0.1, -0.05) is 311 Å². The second kappa shape index (κ2) is 70.1. The molecule has 0 spiro atoms. The van der Waals surface area contributed by atoms with Crippen LogP contribution in [0.3, 0.4) is 0 Å². The molecule has 0 aromatic heterocycles. The predicted octanol–water partition coefficient (Wildman–Crippen LogP) is 24.6. The Morgan fingerprint density at radius 3 is 0.756 bits per heavy atom. The van der Waals surface area contributed by atoms with Crippen molar-refractivity contribution in [2.45, 2.75) is 367 Å². The van der Waals surface area contributed by atoms with Gasteiger partial charge in [0.05, 0.1) is 0 Å². The normalized spacial score (nSPS) is 12.6. The van der Waals surface area contributed by atoms with Crippen molar-refractivity contribution in [1.82, 2.24) is 0 Å². The maximum absolute atomic E-state index is 12.9. The van der Waals surface area contributed by atoms with Gasteiger partial charge in [0.2, 0.25) is 0 Å². The summed E-state index contributed by atoms with van der Waals surface area (Å²) in [6, 6.07) is 0. The van der Waals surface area contributed by atoms with Crippen LogP contribution in [0.1, 0.15) is 361 Å². The fourth-order valence-corrected chi connectivity index (χ4v) is 10.3. The van der Waals surface area contributed by atoms with Gasteiger partial charge in [0.1, 0.15) is 13.2 Å². The molecule has 0 aliphatic rings. The highest BCUT2D eigenvalue weighted by Gasteiger charge is 2.19. The van der Waals surface area contributed by atoms with Crippen LogP contribution in [0.5, 0.6) is 0 Å². The minimum Gasteiger partial charge on any atom is -0.462 e. The summed E-state index contributed by atoms with van der Waals surface area (Å²) in [5, 5.41) is 0. The first kappa shape index (κ1) is 78.6. The number of rotatable bonds is 65. The maximum atomic E-state index is 12.9. The van der Waals surface area contributed by atoms with Crippen LogP contribution < -0.4 is 0 Å². The van der Waals surface area contributed by atoms with E-state index in [4.69, 9.17) is 14.2 Å². The van der Waals surface area contributed by atoms with E-state index in [1.165, 1.54) is 212 Å². The molecular formula is C76H134O6. The summed E-state index contributed by atoms with van der Waals surface area (Å²) in [6.07, 6.45) is 93.3. The molecule has 0 fully saturated rings. The lowest BCUT2D eigenvalue weighted by molar-refractivity contribution is -0.167. The minimum absolute atomic E-state index is 0.0821. The van der Waals surface area contributed by atoms with Crippen LogP contribution in [-0.2, 0) is 28.6 Å². The summed E-state index contributed by atoms with van der Waals surface area (Å²) >= 11 is 0. The average Bonchev–Trinajstić information content (AvgIpc) is 3.47. The Labute approximate surface area is 509 Å². The summed E-state index contributed by atoms with van der Waals surface area (Å²) in [5.74, 6) is -0.888. The second-order valence-corrected chi connectivity index (χ2v) is 23.8. The predicted molar refractivity (Wildman–Crippen MR) is 358 cm³/mol. The molecule has 0 N–H and O–H groups in total. The number of carbonyl (C=O) groups is 3. The Morgan fingerprint density at radius 1 is 0.256 bits per heavy atom. The Balaban J connectivity index is 4.22. The monoisotopic (exact) mass is 1140 g/mol. The largest absolute Gasteiger partial charge is 0.462 e. The zero-order valence-corrected chi connectivity index (χ0v) is 54.5. The second-order valence-electron chi connectivity index (χ2n) is 23.8. The summed E-state index contributed by atoms with van der Waals surface area (Å²) in [7, 11) is 0. The van der Waals surface area contributed by atoms with Gasteiger partial charge in [-0.3, -0.25) is 14.4 Å². The van der Waals surface area contributed by atoms with Crippen LogP contribution in [0.2, 0.25) is 0 Å². The number of allylic oxidation sites excluding steroid dienone is 14. The molecule has 0 bridgehead atoms. The van der Waals surface area contributed by atoms with Crippen molar-refractivity contribution in [1.29, 1.82) is 0 Å². The molecule has 0 aromatic rings. The quantitative estimate of drug-likeness (QED) is 0.0261. The van der Waals surface area contributed by atoms with Gasteiger partial charge in [0.25, 0.3) is 0 Å². The smallest absolute Gasteiger partial charge is 0.306 e. The van der Waals surface area contributed by atoms with Crippen LogP contribution in [0.15, 0.2) is 85.1 Å². The van der Waals surface area contributed by atoms with E-state index in [-0.39, 0.29) is 31.1 Å². The van der Waals surface area contributed by atoms with E-state index < -0.39 is 6.10 Å². The van der Waals surface area contributed by atoms with Gasteiger partial charge in [-0.15, -0.1) is 0 Å². The third kappa shape index (κ3) is 67.4. The van der Waals surface area contributed by atoms with Crippen molar-refractivity contribution < 1.29 is 28.6 Å². The molecule has 1 atom stereocenters. The van der Waals surface area contributed by atoms with Crippen LogP contribution in [-0.4, -0.2) is 37.2 Å². The highest BCUT2D eigenvalue weighted by atomic mass is 16.6. The van der Waals surface area contributed by atoms with Crippen LogP contribution in [0, 0.1) is 0 Å². The first-order chi connectivity index (χ1) is 40.5. The van der Waals surface area contributed by atoms with Crippen molar-refractivity contribution in [3.05, 3.63) is 85.1 Å². The number of esters is 3. The standard InChI is InChI=1S/C76H134O6/c1-4-7-10-13-16-19-22-25-28-30-32-33-34-35-36-37-38-39-40-41-42-43-45-46-48-51-54-57-60-63-66-69-75(78)81-72-73(71-80-74(77)68-65-62-59-56-53-50-27-24-21-18-15-12-9-6-3)82-76(79)70-67-64-61-58-55-52-49-47-44-31-29-26-23-20-17-14-11-8-5-2/h8,11,17,20,22,24-27,29-30,32,44,47,73H,4-7,9-10,12-16,18-19,21,23,28,31,33-43,45-46,48-72H2,1-3H3/b11-8-,20-17-,25-22-,27-24-,29-26-,32-30-,47-44-. The lowest BCUT2D eigenvalue weighted by Gasteiger charge is -2.18. The summed E-state index contributed by atoms with van der Waals surface area (Å²) in [6.45, 7) is 6.53. The molecule has 0 saturated carbocycles. The highest BCUT2D eigenvalue weighted by Crippen LogP contribution is 2.17. The summed E-state index contributed by atoms with van der Waals surface area (Å²) < 4.78 is 17.0. The maximum Gasteiger partial charge on any atom is 0.306 e. The first-order valence-corrected chi connectivity index (χ1v) is 35.6. The number of hydrogen-bond acceptors (Lipinski definition) is 6. The fourth-order valence-electron chi connectivity index (χ4n) is 10.3. The van der Waals surface area contributed by atoms with Crippen LogP contribution in [0.25, 0.3) is 0 Å². The summed E-state index contributed by atoms with van der Waals surface area (Å²) in [5.41, 5.74) is 0. The summed E-state index contributed by atoms with van der Waals surface area (Å²) in [4.78, 5) is 38.4. The minimum atomic E-state index is -0.788. The zero-order chi connectivity index (χ0) is 59.2. The van der Waals surface area contributed by atoms with E-state index in [2.05, 4.69) is 106 Å². The van der Waals surface area contributed by atoms with Crippen molar-refractivity contribution in [3.63, 3.8) is 0 Å². The van der Waals surface area contributed by atoms with Crippen molar-refractivity contribution >= 4 is 17.9 Å². The Hall–Kier alpha value is -3.41. The highest BCUT2D eigenvalue weighted by molar-refractivity contribution is 5.71. The molecule has 0 heterocycles. The van der Waals surface area contributed by atoms with Gasteiger partial charge in [-0.25, -0.2) is 0 Å². The van der Waals surface area contributed by atoms with Crippen LogP contribution >= 0.6 is 0 Å². The molecule has 6 nitrogen and oxygen atoms in total. The molecule has 0 saturated heterocycles. The molecule has 474 valence electrons. The van der Waals surface area contributed by atoms with E-state index in [1.807, 2.05) is 0 Å². The van der Waals surface area contributed by atoms with Crippen molar-refractivity contribution in [2.75, 3.05) is 13.2 Å². The lowest BCUT2D eigenvalue weighted by atomic mass is 10.0. The topological polar surface area (TPSA) is 78.9 Å². The molecule has 1 unspecified atom stereocenters. The molecule has 0 aromatic carbocycles. The van der Waals surface area contributed by atoms with E-state index in [1.54, 1.807) is 0 Å². The van der Waals surface area contributed by atoms with Crippen LogP contribution in [0.4, 0.5) is 0 Å². The van der Waals surface area contributed by atoms with E-state index in [0.717, 1.165) is 109 Å². The Bertz CT molecular complexity index is 1550. The van der Waals surface area contributed by atoms with Gasteiger partial charge in [-0.2, -0.15) is 0 Å². The molecule has 0 radical (unpaired) electrons. The zero-order valence-electron chi connectivity index (χ0n) is 54.5. The number of ether oxygens (including phenoxy) is 3. The van der Waals surface area contributed by atoms with E-state index in [9.17, 15) is 14.4 Å². The third-order valence-corrected chi connectivity index (χ3v) is 15.6. The molecule has 6 heteroatoms. The van der Waals surface area contributed by atoms with Gasteiger partial charge in [0.15, 0.2) is 6.10 Å². The molecule has 0 aliphatic carbocycles. The molecule has 0 rings (SSSR count). The lowest BCUT2D eigenvalue weighted by Crippen LogP contribution is -2.30. The van der Waals surface area contributed by atoms with E-state index >= 15 is 0 Å². The van der Waals surface area contributed by atoms with Gasteiger partial charge in [0, 0.05) is 19.3 Å². The Morgan fingerprint density at radius 2 is 0.476 bits per heavy atom. The number of carbonyl (C=O) groups excluding carboxylic acids is 3. The first-order valence-electron chi connectivity index (χ1n) is 35.6.